The number of nitrogens with zero attached hydrogens (tertiary/aromatic N) is 4. The molecule has 12 heteroatoms. The summed E-state index contributed by atoms with van der Waals surface area (Å²) in [6, 6.07) is 13.5. The van der Waals surface area contributed by atoms with Gasteiger partial charge in [-0.2, -0.15) is 18.4 Å². The van der Waals surface area contributed by atoms with Crippen LogP contribution in [0.2, 0.25) is 0 Å². The third-order valence-corrected chi connectivity index (χ3v) is 4.02. The van der Waals surface area contributed by atoms with Crippen LogP contribution < -0.4 is 10.6 Å². The maximum atomic E-state index is 12.2. The fourth-order valence-electron chi connectivity index (χ4n) is 2.46. The lowest BCUT2D eigenvalue weighted by Gasteiger charge is -2.04. The van der Waals surface area contributed by atoms with Gasteiger partial charge in [-0.15, -0.1) is 0 Å². The molecule has 0 aliphatic heterocycles. The first kappa shape index (κ1) is 24.9. The zero-order valence-electron chi connectivity index (χ0n) is 17.3. The van der Waals surface area contributed by atoms with Crippen LogP contribution in [0.5, 0.6) is 0 Å². The third kappa shape index (κ3) is 7.66. The average molecular weight is 460 g/mol. The summed E-state index contributed by atoms with van der Waals surface area (Å²) in [5.74, 6) is -2.46. The smallest absolute Gasteiger partial charge is 0.475 e. The molecule has 0 aliphatic carbocycles. The molecule has 0 unspecified atom stereocenters. The number of nitriles is 1. The van der Waals surface area contributed by atoms with E-state index in [1.165, 1.54) is 0 Å². The molecule has 9 nitrogen and oxygen atoms in total. The van der Waals surface area contributed by atoms with Crippen LogP contribution in [-0.4, -0.2) is 44.2 Å². The quantitative estimate of drug-likeness (QED) is 0.480. The van der Waals surface area contributed by atoms with E-state index in [9.17, 15) is 18.0 Å². The molecule has 3 N–H and O–H groups in total. The van der Waals surface area contributed by atoms with Gasteiger partial charge in [-0.05, 0) is 18.2 Å². The van der Waals surface area contributed by atoms with Crippen molar-refractivity contribution in [2.75, 3.05) is 11.9 Å². The minimum Gasteiger partial charge on any atom is -0.475 e. The number of rotatable bonds is 6. The first-order valence-corrected chi connectivity index (χ1v) is 9.38. The normalized spacial score (nSPS) is 10.4. The lowest BCUT2D eigenvalue weighted by atomic mass is 10.2. The number of carbonyl (C=O) groups excluding carboxylic acids is 1. The molecular formula is C21H19F3N6O3. The summed E-state index contributed by atoms with van der Waals surface area (Å²) < 4.78 is 33.5. The topological polar surface area (TPSA) is 133 Å². The summed E-state index contributed by atoms with van der Waals surface area (Å²) in [5, 5.41) is 21.5. The molecule has 2 heterocycles. The Morgan fingerprint density at radius 1 is 1.15 bits per heavy atom. The van der Waals surface area contributed by atoms with Crippen LogP contribution in [0.25, 0.3) is 11.1 Å². The maximum absolute atomic E-state index is 12.2. The van der Waals surface area contributed by atoms with Crippen molar-refractivity contribution in [3.05, 3.63) is 60.7 Å². The number of benzene rings is 1. The van der Waals surface area contributed by atoms with Crippen molar-refractivity contribution < 1.29 is 27.9 Å². The van der Waals surface area contributed by atoms with Crippen molar-refractivity contribution in [3.8, 4) is 17.2 Å². The Balaban J connectivity index is 0.000000479. The highest BCUT2D eigenvalue weighted by atomic mass is 19.4. The van der Waals surface area contributed by atoms with Gasteiger partial charge < -0.3 is 20.3 Å². The second kappa shape index (κ2) is 11.3. The van der Waals surface area contributed by atoms with Gasteiger partial charge in [-0.3, -0.25) is 4.79 Å². The fourth-order valence-corrected chi connectivity index (χ4v) is 2.46. The van der Waals surface area contributed by atoms with Gasteiger partial charge in [0.25, 0.3) is 5.91 Å². The number of aliphatic carboxylic acids is 1. The second-order valence-corrected chi connectivity index (χ2v) is 6.48. The van der Waals surface area contributed by atoms with E-state index in [0.717, 1.165) is 16.8 Å². The first-order chi connectivity index (χ1) is 15.6. The Morgan fingerprint density at radius 3 is 2.30 bits per heavy atom. The van der Waals surface area contributed by atoms with Crippen molar-refractivity contribution in [1.29, 1.82) is 5.26 Å². The van der Waals surface area contributed by atoms with Crippen LogP contribution in [0.15, 0.2) is 55.0 Å². The van der Waals surface area contributed by atoms with Crippen LogP contribution in [-0.2, 0) is 11.8 Å². The summed E-state index contributed by atoms with van der Waals surface area (Å²) >= 11 is 0. The molecule has 0 fully saturated rings. The van der Waals surface area contributed by atoms with E-state index in [2.05, 4.69) is 20.6 Å². The highest BCUT2D eigenvalue weighted by molar-refractivity contribution is 5.94. The highest BCUT2D eigenvalue weighted by Gasteiger charge is 2.38. The van der Waals surface area contributed by atoms with Crippen LogP contribution in [0.1, 0.15) is 16.9 Å². The molecule has 1 aromatic carbocycles. The number of para-hydroxylation sites is 1. The maximum Gasteiger partial charge on any atom is 0.490 e. The summed E-state index contributed by atoms with van der Waals surface area (Å²) in [5.41, 5.74) is 3.10. The van der Waals surface area contributed by atoms with E-state index >= 15 is 0 Å². The predicted molar refractivity (Wildman–Crippen MR) is 112 cm³/mol. The average Bonchev–Trinajstić information content (AvgIpc) is 3.16. The van der Waals surface area contributed by atoms with Crippen LogP contribution in [0, 0.1) is 11.3 Å². The van der Waals surface area contributed by atoms with Gasteiger partial charge in [0.15, 0.2) is 0 Å². The monoisotopic (exact) mass is 460 g/mol. The largest absolute Gasteiger partial charge is 0.490 e. The van der Waals surface area contributed by atoms with Gasteiger partial charge >= 0.3 is 12.1 Å². The zero-order valence-corrected chi connectivity index (χ0v) is 17.3. The molecule has 0 atom stereocenters. The SMILES string of the molecule is Cn1cc(-c2cnc(Nc3ccccc3)nc2)cc1C(=O)NCCC#N.O=C(O)C(F)(F)F. The number of nitrogens with one attached hydrogen (secondary N) is 2. The van der Waals surface area contributed by atoms with Gasteiger partial charge in [-0.25, -0.2) is 14.8 Å². The van der Waals surface area contributed by atoms with Crippen LogP contribution in [0.4, 0.5) is 24.8 Å². The summed E-state index contributed by atoms with van der Waals surface area (Å²) in [6.45, 7) is 0.332. The number of aromatic nitrogens is 3. The van der Waals surface area contributed by atoms with Crippen molar-refractivity contribution in [1.82, 2.24) is 19.9 Å². The lowest BCUT2D eigenvalue weighted by Crippen LogP contribution is -2.25. The Bertz CT molecular complexity index is 1120. The number of alkyl halides is 3. The number of hydrogen-bond acceptors (Lipinski definition) is 6. The molecule has 0 spiro atoms. The van der Waals surface area contributed by atoms with Crippen molar-refractivity contribution in [2.24, 2.45) is 7.05 Å². The van der Waals surface area contributed by atoms with Gasteiger partial charge in [-0.1, -0.05) is 18.2 Å². The van der Waals surface area contributed by atoms with E-state index < -0.39 is 12.1 Å². The Kier molecular flexibility index (Phi) is 8.50. The zero-order chi connectivity index (χ0) is 24.4. The minimum absolute atomic E-state index is 0.211. The molecule has 0 bridgehead atoms. The van der Waals surface area contributed by atoms with Crippen LogP contribution in [0.3, 0.4) is 0 Å². The van der Waals surface area contributed by atoms with Gasteiger partial charge in [0.05, 0.1) is 12.5 Å². The summed E-state index contributed by atoms with van der Waals surface area (Å²) in [6.07, 6.45) is 0.477. The van der Waals surface area contributed by atoms with E-state index in [1.54, 1.807) is 30.1 Å². The van der Waals surface area contributed by atoms with Gasteiger partial charge in [0, 0.05) is 49.0 Å². The van der Waals surface area contributed by atoms with E-state index in [0.29, 0.717) is 18.2 Å². The second-order valence-electron chi connectivity index (χ2n) is 6.48. The van der Waals surface area contributed by atoms with Gasteiger partial charge in [0.2, 0.25) is 5.95 Å². The number of carboxylic acids is 1. The van der Waals surface area contributed by atoms with E-state index in [4.69, 9.17) is 15.2 Å². The predicted octanol–water partition coefficient (Wildman–Crippen LogP) is 3.50. The number of anilines is 2. The Morgan fingerprint density at radius 2 is 1.76 bits per heavy atom. The molecular weight excluding hydrogens is 441 g/mol. The highest BCUT2D eigenvalue weighted by Crippen LogP contribution is 2.22. The molecule has 3 rings (SSSR count). The number of halogens is 3. The molecule has 33 heavy (non-hydrogen) atoms. The first-order valence-electron chi connectivity index (χ1n) is 9.38. The molecule has 2 aromatic heterocycles. The molecule has 1 amide bonds. The van der Waals surface area contributed by atoms with E-state index in [-0.39, 0.29) is 12.3 Å². The number of hydrogen-bond donors (Lipinski definition) is 3. The molecule has 0 saturated heterocycles. The lowest BCUT2D eigenvalue weighted by molar-refractivity contribution is -0.192. The fraction of sp³-hybridized carbons (Fsp3) is 0.190. The molecule has 0 radical (unpaired) electrons. The molecule has 3 aromatic rings. The number of carbonyl (C=O) groups is 2. The Hall–Kier alpha value is -4.40. The number of aryl methyl sites for hydroxylation is 1. The molecule has 0 saturated carbocycles. The third-order valence-electron chi connectivity index (χ3n) is 4.02. The standard InChI is InChI=1S/C19H18N6O.C2HF3O2/c1-25-13-14(10-17(25)18(26)21-9-5-8-20)15-11-22-19(23-12-15)24-16-6-3-2-4-7-16;3-2(4,5)1(6)7/h2-4,6-7,10-13H,5,9H2,1H3,(H,21,26)(H,22,23,24);(H,6,7). The van der Waals surface area contributed by atoms with Crippen molar-refractivity contribution in [2.45, 2.75) is 12.6 Å². The molecule has 0 aliphatic rings. The minimum atomic E-state index is -5.08. The summed E-state index contributed by atoms with van der Waals surface area (Å²) in [7, 11) is 1.80. The Labute approximate surface area is 186 Å². The van der Waals surface area contributed by atoms with Crippen molar-refractivity contribution in [3.63, 3.8) is 0 Å². The van der Waals surface area contributed by atoms with Crippen molar-refractivity contribution >= 4 is 23.5 Å². The molecule has 172 valence electrons. The number of carboxylic acid groups (broad SMARTS) is 1. The van der Waals surface area contributed by atoms with Crippen LogP contribution >= 0.6 is 0 Å². The summed E-state index contributed by atoms with van der Waals surface area (Å²) in [4.78, 5) is 29.7. The van der Waals surface area contributed by atoms with E-state index in [1.807, 2.05) is 42.6 Å². The number of amides is 1. The van der Waals surface area contributed by atoms with Gasteiger partial charge in [0.1, 0.15) is 5.69 Å².